The Hall–Kier alpha value is -2.11. The molecule has 0 radical (unpaired) electrons. The molecule has 1 aromatic heterocycles. The highest BCUT2D eigenvalue weighted by Gasteiger charge is 2.13. The summed E-state index contributed by atoms with van der Waals surface area (Å²) in [6.45, 7) is 5.41. The van der Waals surface area contributed by atoms with Crippen LogP contribution in [-0.2, 0) is 16.1 Å². The van der Waals surface area contributed by atoms with Crippen molar-refractivity contribution in [2.24, 2.45) is 5.73 Å². The molecule has 0 aliphatic carbocycles. The van der Waals surface area contributed by atoms with Gasteiger partial charge in [-0.1, -0.05) is 6.58 Å². The number of hydrogen-bond acceptors (Lipinski definition) is 4. The largest absolute Gasteiger partial charge is 0.494 e. The number of amides is 1. The quantitative estimate of drug-likeness (QED) is 0.796. The van der Waals surface area contributed by atoms with Crippen molar-refractivity contribution in [3.8, 4) is 0 Å². The fourth-order valence-corrected chi connectivity index (χ4v) is 1.19. The second kappa shape index (κ2) is 5.83. The Morgan fingerprint density at radius 1 is 1.59 bits per heavy atom. The van der Waals surface area contributed by atoms with E-state index < -0.39 is 11.9 Å². The average Bonchev–Trinajstić information content (AvgIpc) is 2.27. The van der Waals surface area contributed by atoms with E-state index in [1.807, 2.05) is 0 Å². The molecule has 0 unspecified atom stereocenters. The Morgan fingerprint density at radius 2 is 2.29 bits per heavy atom. The summed E-state index contributed by atoms with van der Waals surface area (Å²) < 4.78 is 23.4. The zero-order valence-corrected chi connectivity index (χ0v) is 9.40. The smallest absolute Gasteiger partial charge is 0.404 e. The minimum absolute atomic E-state index is 0.0258. The number of halogens is 1. The Kier molecular flexibility index (Phi) is 4.45. The van der Waals surface area contributed by atoms with Crippen molar-refractivity contribution in [2.75, 3.05) is 6.61 Å². The molecule has 0 bridgehead atoms. The van der Waals surface area contributed by atoms with Gasteiger partial charge in [-0.3, -0.25) is 4.98 Å². The van der Waals surface area contributed by atoms with Crippen LogP contribution in [0.4, 0.5) is 9.18 Å². The molecular weight excluding hydrogens is 227 g/mol. The zero-order valence-electron chi connectivity index (χ0n) is 9.40. The van der Waals surface area contributed by atoms with Crippen LogP contribution in [0.1, 0.15) is 18.2 Å². The molecule has 0 spiro atoms. The fraction of sp³-hybridized carbons (Fsp3) is 0.273. The molecule has 0 aliphatic rings. The first-order valence-corrected chi connectivity index (χ1v) is 4.94. The van der Waals surface area contributed by atoms with E-state index in [4.69, 9.17) is 10.5 Å². The van der Waals surface area contributed by atoms with Crippen molar-refractivity contribution in [2.45, 2.75) is 13.5 Å². The first-order chi connectivity index (χ1) is 8.06. The Labute approximate surface area is 98.0 Å². The van der Waals surface area contributed by atoms with Crippen LogP contribution in [0.25, 0.3) is 5.76 Å². The van der Waals surface area contributed by atoms with Crippen molar-refractivity contribution in [3.05, 3.63) is 35.9 Å². The van der Waals surface area contributed by atoms with Crippen molar-refractivity contribution >= 4 is 11.9 Å². The van der Waals surface area contributed by atoms with E-state index in [-0.39, 0.29) is 23.6 Å². The molecule has 2 N–H and O–H groups in total. The van der Waals surface area contributed by atoms with Crippen LogP contribution in [0.3, 0.4) is 0 Å². The number of carbonyl (C=O) groups is 1. The third kappa shape index (κ3) is 3.44. The molecule has 92 valence electrons. The maximum Gasteiger partial charge on any atom is 0.404 e. The molecule has 1 aromatic rings. The Balaban J connectivity index is 2.90. The summed E-state index contributed by atoms with van der Waals surface area (Å²) in [5.74, 6) is -0.431. The highest BCUT2D eigenvalue weighted by atomic mass is 19.1. The van der Waals surface area contributed by atoms with E-state index >= 15 is 0 Å². The molecule has 0 aliphatic heterocycles. The van der Waals surface area contributed by atoms with Gasteiger partial charge in [0.15, 0.2) is 5.82 Å². The molecule has 1 rings (SSSR count). The van der Waals surface area contributed by atoms with Crippen LogP contribution in [0.2, 0.25) is 0 Å². The second-order valence-corrected chi connectivity index (χ2v) is 3.08. The van der Waals surface area contributed by atoms with Crippen molar-refractivity contribution < 1.29 is 18.7 Å². The zero-order chi connectivity index (χ0) is 12.8. The van der Waals surface area contributed by atoms with E-state index in [0.717, 1.165) is 0 Å². The average molecular weight is 240 g/mol. The Morgan fingerprint density at radius 3 is 2.88 bits per heavy atom. The van der Waals surface area contributed by atoms with E-state index in [1.165, 1.54) is 12.3 Å². The van der Waals surface area contributed by atoms with Gasteiger partial charge in [0.1, 0.15) is 18.1 Å². The number of carbonyl (C=O) groups excluding carboxylic acids is 1. The number of primary amides is 1. The summed E-state index contributed by atoms with van der Waals surface area (Å²) in [5, 5.41) is 0. The van der Waals surface area contributed by atoms with Gasteiger partial charge >= 0.3 is 6.09 Å². The van der Waals surface area contributed by atoms with Gasteiger partial charge in [0.05, 0.1) is 12.2 Å². The monoisotopic (exact) mass is 240 g/mol. The van der Waals surface area contributed by atoms with Gasteiger partial charge in [-0.05, 0) is 13.0 Å². The van der Waals surface area contributed by atoms with Gasteiger partial charge in [0.25, 0.3) is 0 Å². The molecule has 0 fully saturated rings. The number of nitrogens with two attached hydrogens (primary N) is 1. The molecule has 0 atom stereocenters. The molecule has 1 heterocycles. The predicted molar refractivity (Wildman–Crippen MR) is 59.2 cm³/mol. The van der Waals surface area contributed by atoms with Gasteiger partial charge < -0.3 is 15.2 Å². The van der Waals surface area contributed by atoms with E-state index in [9.17, 15) is 9.18 Å². The lowest BCUT2D eigenvalue weighted by Gasteiger charge is -2.10. The molecule has 5 nitrogen and oxygen atoms in total. The van der Waals surface area contributed by atoms with Crippen LogP contribution in [0.5, 0.6) is 0 Å². The fourth-order valence-electron chi connectivity index (χ4n) is 1.19. The number of nitrogens with zero attached hydrogens (tertiary/aromatic N) is 1. The van der Waals surface area contributed by atoms with Gasteiger partial charge in [-0.2, -0.15) is 0 Å². The lowest BCUT2D eigenvalue weighted by molar-refractivity contribution is 0.147. The maximum atomic E-state index is 13.9. The maximum absolute atomic E-state index is 13.9. The molecule has 0 saturated heterocycles. The predicted octanol–water partition coefficient (Wildman–Crippen LogP) is 1.82. The first kappa shape index (κ1) is 13.0. The van der Waals surface area contributed by atoms with Gasteiger partial charge in [-0.25, -0.2) is 9.18 Å². The molecule has 0 saturated carbocycles. The van der Waals surface area contributed by atoms with E-state index in [0.29, 0.717) is 6.61 Å². The number of rotatable bonds is 5. The third-order valence-electron chi connectivity index (χ3n) is 1.93. The summed E-state index contributed by atoms with van der Waals surface area (Å²) >= 11 is 0. The minimum atomic E-state index is -0.986. The van der Waals surface area contributed by atoms with Gasteiger partial charge in [0, 0.05) is 6.20 Å². The van der Waals surface area contributed by atoms with Crippen LogP contribution < -0.4 is 5.73 Å². The lowest BCUT2D eigenvalue weighted by Crippen LogP contribution is -2.14. The van der Waals surface area contributed by atoms with Gasteiger partial charge in [0.2, 0.25) is 0 Å². The summed E-state index contributed by atoms with van der Waals surface area (Å²) in [7, 11) is 0. The summed E-state index contributed by atoms with van der Waals surface area (Å²) in [6.07, 6.45) is 0.391. The molecule has 17 heavy (non-hydrogen) atoms. The van der Waals surface area contributed by atoms with Crippen LogP contribution in [-0.4, -0.2) is 17.7 Å². The van der Waals surface area contributed by atoms with Crippen molar-refractivity contribution in [1.82, 2.24) is 4.98 Å². The van der Waals surface area contributed by atoms with Crippen molar-refractivity contribution in [3.63, 3.8) is 0 Å². The third-order valence-corrected chi connectivity index (χ3v) is 1.93. The topological polar surface area (TPSA) is 74.4 Å². The number of aromatic nitrogens is 1. The number of ether oxygens (including phenoxy) is 2. The summed E-state index contributed by atoms with van der Waals surface area (Å²) in [6, 6.07) is 1.43. The molecule has 0 aromatic carbocycles. The highest BCUT2D eigenvalue weighted by molar-refractivity contribution is 5.64. The molecule has 6 heteroatoms. The Bertz CT molecular complexity index is 435. The van der Waals surface area contributed by atoms with E-state index in [2.05, 4.69) is 16.3 Å². The summed E-state index contributed by atoms with van der Waals surface area (Å²) in [4.78, 5) is 14.2. The van der Waals surface area contributed by atoms with Crippen LogP contribution >= 0.6 is 0 Å². The van der Waals surface area contributed by atoms with Gasteiger partial charge in [-0.15, -0.1) is 0 Å². The van der Waals surface area contributed by atoms with E-state index in [1.54, 1.807) is 6.92 Å². The molecule has 1 amide bonds. The number of hydrogen-bond donors (Lipinski definition) is 1. The van der Waals surface area contributed by atoms with Crippen molar-refractivity contribution in [1.29, 1.82) is 0 Å². The minimum Gasteiger partial charge on any atom is -0.494 e. The van der Waals surface area contributed by atoms with Crippen LogP contribution in [0.15, 0.2) is 18.8 Å². The normalized spacial score (nSPS) is 9.76. The summed E-state index contributed by atoms with van der Waals surface area (Å²) in [5.41, 5.74) is 4.94. The molecular formula is C11H13FN2O3. The first-order valence-electron chi connectivity index (χ1n) is 4.94. The standard InChI is InChI=1S/C11H13FN2O3/c1-3-16-7(2)8-4-5-14-9(10(8)12)6-17-11(13)15/h4-5H,2-3,6H2,1H3,(H2,13,15). The second-order valence-electron chi connectivity index (χ2n) is 3.08. The lowest BCUT2D eigenvalue weighted by atomic mass is 10.2. The number of pyridine rings is 1. The highest BCUT2D eigenvalue weighted by Crippen LogP contribution is 2.19. The SMILES string of the molecule is C=C(OCC)c1ccnc(COC(N)=O)c1F. The van der Waals surface area contributed by atoms with Crippen LogP contribution in [0, 0.1) is 5.82 Å².